The monoisotopic (exact) mass is 284 g/mol. The number of rotatable bonds is 4. The maximum Gasteiger partial charge on any atom is 0.261 e. The molecule has 0 saturated heterocycles. The summed E-state index contributed by atoms with van der Waals surface area (Å²) in [5, 5.41) is 0.655. The Kier molecular flexibility index (Phi) is 3.76. The lowest BCUT2D eigenvalue weighted by atomic mass is 10.1. The first kappa shape index (κ1) is 13.2. The van der Waals surface area contributed by atoms with Crippen LogP contribution in [-0.2, 0) is 0 Å². The molecular formula is C16H16N2OS. The summed E-state index contributed by atoms with van der Waals surface area (Å²) in [5.74, 6) is 0. The van der Waals surface area contributed by atoms with Crippen molar-refractivity contribution in [3.63, 3.8) is 0 Å². The highest BCUT2D eigenvalue weighted by molar-refractivity contribution is 7.99. The van der Waals surface area contributed by atoms with Gasteiger partial charge in [-0.1, -0.05) is 37.3 Å². The molecule has 20 heavy (non-hydrogen) atoms. The largest absolute Gasteiger partial charge is 0.431 e. The number of fused-ring (bicyclic) bond motifs is 1. The molecule has 2 aromatic carbocycles. The van der Waals surface area contributed by atoms with Crippen LogP contribution in [0.4, 0.5) is 0 Å². The van der Waals surface area contributed by atoms with Crippen molar-refractivity contribution in [1.29, 1.82) is 0 Å². The maximum atomic E-state index is 6.16. The summed E-state index contributed by atoms with van der Waals surface area (Å²) >= 11 is 1.53. The number of hydrogen-bond acceptors (Lipinski definition) is 4. The van der Waals surface area contributed by atoms with Gasteiger partial charge in [0.15, 0.2) is 5.58 Å². The Bertz CT molecular complexity index is 690. The topological polar surface area (TPSA) is 52.0 Å². The number of nitrogens with two attached hydrogens (primary N) is 1. The normalized spacial score (nSPS) is 12.7. The van der Waals surface area contributed by atoms with Crippen molar-refractivity contribution in [3.8, 4) is 0 Å². The van der Waals surface area contributed by atoms with Gasteiger partial charge in [0.2, 0.25) is 0 Å². The minimum Gasteiger partial charge on any atom is -0.431 e. The summed E-state index contributed by atoms with van der Waals surface area (Å²) in [6.07, 6.45) is 0.908. The first-order valence-electron chi connectivity index (χ1n) is 6.66. The molecule has 0 aliphatic carbocycles. The molecule has 0 radical (unpaired) electrons. The number of nitrogens with zero attached hydrogens (tertiary/aromatic N) is 1. The first-order valence-corrected chi connectivity index (χ1v) is 7.47. The zero-order valence-corrected chi connectivity index (χ0v) is 12.1. The zero-order chi connectivity index (χ0) is 13.9. The van der Waals surface area contributed by atoms with Crippen LogP contribution in [-0.4, -0.2) is 4.98 Å². The number of aromatic nitrogens is 1. The third kappa shape index (κ3) is 2.57. The van der Waals surface area contributed by atoms with E-state index in [1.54, 1.807) is 0 Å². The van der Waals surface area contributed by atoms with E-state index in [2.05, 4.69) is 24.0 Å². The van der Waals surface area contributed by atoms with Gasteiger partial charge in [0.25, 0.3) is 5.22 Å². The van der Waals surface area contributed by atoms with Gasteiger partial charge in [-0.15, -0.1) is 0 Å². The molecule has 3 rings (SSSR count). The van der Waals surface area contributed by atoms with Crippen LogP contribution in [0, 0.1) is 0 Å². The van der Waals surface area contributed by atoms with Gasteiger partial charge in [-0.2, -0.15) is 0 Å². The van der Waals surface area contributed by atoms with E-state index in [0.29, 0.717) is 5.22 Å². The van der Waals surface area contributed by atoms with E-state index in [-0.39, 0.29) is 6.04 Å². The predicted octanol–water partition coefficient (Wildman–Crippen LogP) is 4.39. The van der Waals surface area contributed by atoms with Crippen molar-refractivity contribution in [2.24, 2.45) is 5.73 Å². The number of para-hydroxylation sites is 2. The molecular weight excluding hydrogens is 268 g/mol. The molecule has 1 aromatic heterocycles. The Morgan fingerprint density at radius 1 is 1.15 bits per heavy atom. The lowest BCUT2D eigenvalue weighted by molar-refractivity contribution is 0.489. The highest BCUT2D eigenvalue weighted by atomic mass is 32.2. The standard InChI is InChI=1S/C16H16N2OS/c1-2-12(17)11-7-3-6-10-15(11)20-16-18-13-8-4-5-9-14(13)19-16/h3-10,12H,2,17H2,1H3/t12-/m0/s1. The van der Waals surface area contributed by atoms with Crippen molar-refractivity contribution >= 4 is 22.9 Å². The van der Waals surface area contributed by atoms with Crippen LogP contribution in [0.15, 0.2) is 63.1 Å². The fourth-order valence-electron chi connectivity index (χ4n) is 2.09. The van der Waals surface area contributed by atoms with Gasteiger partial charge in [-0.3, -0.25) is 0 Å². The van der Waals surface area contributed by atoms with Crippen molar-refractivity contribution in [1.82, 2.24) is 4.98 Å². The number of benzene rings is 2. The molecule has 0 aliphatic heterocycles. The molecule has 0 aliphatic rings. The molecule has 0 bridgehead atoms. The van der Waals surface area contributed by atoms with Crippen molar-refractivity contribution in [3.05, 3.63) is 54.1 Å². The Morgan fingerprint density at radius 2 is 1.90 bits per heavy atom. The van der Waals surface area contributed by atoms with Crippen molar-refractivity contribution in [2.75, 3.05) is 0 Å². The predicted molar refractivity (Wildman–Crippen MR) is 81.8 cm³/mol. The summed E-state index contributed by atoms with van der Waals surface area (Å²) in [6, 6.07) is 16.0. The summed E-state index contributed by atoms with van der Waals surface area (Å²) in [4.78, 5) is 5.59. The molecule has 1 heterocycles. The molecule has 0 unspecified atom stereocenters. The lowest BCUT2D eigenvalue weighted by Gasteiger charge is -2.12. The average Bonchev–Trinajstić information content (AvgIpc) is 2.89. The molecule has 3 nitrogen and oxygen atoms in total. The van der Waals surface area contributed by atoms with Gasteiger partial charge in [-0.05, 0) is 41.9 Å². The molecule has 0 amide bonds. The highest BCUT2D eigenvalue weighted by Gasteiger charge is 2.13. The third-order valence-electron chi connectivity index (χ3n) is 3.23. The van der Waals surface area contributed by atoms with Gasteiger partial charge in [-0.25, -0.2) is 4.98 Å². The highest BCUT2D eigenvalue weighted by Crippen LogP contribution is 2.34. The SMILES string of the molecule is CC[C@H](N)c1ccccc1Sc1nc2ccccc2o1. The second-order valence-corrected chi connectivity index (χ2v) is 5.60. The van der Waals surface area contributed by atoms with E-state index in [0.717, 1.165) is 28.0 Å². The molecule has 1 atom stereocenters. The molecule has 4 heteroatoms. The van der Waals surface area contributed by atoms with E-state index in [9.17, 15) is 0 Å². The minimum absolute atomic E-state index is 0.0445. The van der Waals surface area contributed by atoms with Gasteiger partial charge in [0, 0.05) is 10.9 Å². The Morgan fingerprint density at radius 3 is 2.70 bits per heavy atom. The Hall–Kier alpha value is -1.78. The van der Waals surface area contributed by atoms with Crippen molar-refractivity contribution < 1.29 is 4.42 Å². The fraction of sp³-hybridized carbons (Fsp3) is 0.188. The van der Waals surface area contributed by atoms with Gasteiger partial charge < -0.3 is 10.2 Å². The maximum absolute atomic E-state index is 6.16. The smallest absolute Gasteiger partial charge is 0.261 e. The van der Waals surface area contributed by atoms with E-state index in [4.69, 9.17) is 10.2 Å². The molecule has 0 saturated carbocycles. The van der Waals surface area contributed by atoms with Crippen LogP contribution in [0.2, 0.25) is 0 Å². The fourth-order valence-corrected chi connectivity index (χ4v) is 3.04. The Labute approximate surface area is 122 Å². The quantitative estimate of drug-likeness (QED) is 0.772. The summed E-state index contributed by atoms with van der Waals surface area (Å²) < 4.78 is 5.75. The summed E-state index contributed by atoms with van der Waals surface area (Å²) in [6.45, 7) is 2.09. The van der Waals surface area contributed by atoms with E-state index < -0.39 is 0 Å². The molecule has 2 N–H and O–H groups in total. The van der Waals surface area contributed by atoms with E-state index >= 15 is 0 Å². The number of hydrogen-bond donors (Lipinski definition) is 1. The summed E-state index contributed by atoms with van der Waals surface area (Å²) in [7, 11) is 0. The molecule has 0 fully saturated rings. The van der Waals surface area contributed by atoms with Crippen LogP contribution >= 0.6 is 11.8 Å². The second kappa shape index (κ2) is 5.69. The second-order valence-electron chi connectivity index (χ2n) is 4.60. The lowest BCUT2D eigenvalue weighted by Crippen LogP contribution is -2.09. The Balaban J connectivity index is 1.94. The van der Waals surface area contributed by atoms with Gasteiger partial charge in [0.1, 0.15) is 5.52 Å². The van der Waals surface area contributed by atoms with Gasteiger partial charge >= 0.3 is 0 Å². The number of oxazole rings is 1. The molecule has 102 valence electrons. The first-order chi connectivity index (χ1) is 9.78. The minimum atomic E-state index is 0.0445. The van der Waals surface area contributed by atoms with E-state index in [1.165, 1.54) is 11.8 Å². The summed E-state index contributed by atoms with van der Waals surface area (Å²) in [5.41, 5.74) is 8.99. The van der Waals surface area contributed by atoms with Crippen LogP contribution in [0.5, 0.6) is 0 Å². The van der Waals surface area contributed by atoms with E-state index in [1.807, 2.05) is 36.4 Å². The zero-order valence-electron chi connectivity index (χ0n) is 11.2. The molecule has 3 aromatic rings. The van der Waals surface area contributed by atoms with Crippen LogP contribution in [0.3, 0.4) is 0 Å². The van der Waals surface area contributed by atoms with Crippen molar-refractivity contribution in [2.45, 2.75) is 29.5 Å². The van der Waals surface area contributed by atoms with Crippen LogP contribution in [0.25, 0.3) is 11.1 Å². The average molecular weight is 284 g/mol. The van der Waals surface area contributed by atoms with Crippen LogP contribution < -0.4 is 5.73 Å². The van der Waals surface area contributed by atoms with Crippen LogP contribution in [0.1, 0.15) is 24.9 Å². The molecule has 0 spiro atoms. The third-order valence-corrected chi connectivity index (χ3v) is 4.17. The van der Waals surface area contributed by atoms with Gasteiger partial charge in [0.05, 0.1) is 0 Å².